The summed E-state index contributed by atoms with van der Waals surface area (Å²) >= 11 is 0. The van der Waals surface area contributed by atoms with Gasteiger partial charge in [0.25, 0.3) is 0 Å². The Bertz CT molecular complexity index is 1620. The van der Waals surface area contributed by atoms with Gasteiger partial charge in [-0.3, -0.25) is 0 Å². The van der Waals surface area contributed by atoms with E-state index in [1.807, 2.05) is 0 Å². The van der Waals surface area contributed by atoms with Gasteiger partial charge in [0, 0.05) is 29.2 Å². The van der Waals surface area contributed by atoms with Gasteiger partial charge in [-0.1, -0.05) is 123 Å². The highest BCUT2D eigenvalue weighted by atomic mass is 15.0. The smallest absolute Gasteiger partial charge is 0.191 e. The van der Waals surface area contributed by atoms with Gasteiger partial charge in [-0.05, 0) is 46.5 Å². The summed E-state index contributed by atoms with van der Waals surface area (Å²) in [6.07, 6.45) is 2.26. The zero-order valence-corrected chi connectivity index (χ0v) is 21.8. The Morgan fingerprint density at radius 2 is 1.03 bits per heavy atom. The second-order valence-corrected chi connectivity index (χ2v) is 9.80. The maximum Gasteiger partial charge on any atom is 0.221 e. The number of pyridine rings is 1. The van der Waals surface area contributed by atoms with Crippen LogP contribution in [0.1, 0.15) is 19.8 Å². The summed E-state index contributed by atoms with van der Waals surface area (Å²) in [7, 11) is 0. The third-order valence-electron chi connectivity index (χ3n) is 7.34. The van der Waals surface area contributed by atoms with Crippen molar-refractivity contribution < 1.29 is 4.57 Å². The largest absolute Gasteiger partial charge is 0.221 e. The van der Waals surface area contributed by atoms with E-state index in [1.54, 1.807) is 0 Å². The number of hydrogen-bond donors (Lipinski definition) is 0. The van der Waals surface area contributed by atoms with Crippen molar-refractivity contribution in [2.24, 2.45) is 0 Å². The van der Waals surface area contributed by atoms with Crippen LogP contribution in [0.2, 0.25) is 0 Å². The molecule has 0 N–H and O–H groups in total. The summed E-state index contributed by atoms with van der Waals surface area (Å²) in [6, 6.07) is 50.5. The fraction of sp³-hybridized carbons (Fsp3) is 0.108. The van der Waals surface area contributed by atoms with Crippen molar-refractivity contribution in [3.05, 3.63) is 140 Å². The Kier molecular flexibility index (Phi) is 6.83. The first-order valence-corrected chi connectivity index (χ1v) is 13.6. The Hall–Kier alpha value is -4.49. The van der Waals surface area contributed by atoms with E-state index >= 15 is 0 Å². The number of fused-ring (bicyclic) bond motifs is 1. The van der Waals surface area contributed by atoms with Crippen LogP contribution in [0, 0.1) is 0 Å². The molecule has 1 aromatic heterocycles. The van der Waals surface area contributed by atoms with E-state index in [-0.39, 0.29) is 0 Å². The van der Waals surface area contributed by atoms with Crippen molar-refractivity contribution in [1.82, 2.24) is 0 Å². The van der Waals surface area contributed by atoms with E-state index < -0.39 is 0 Å². The van der Waals surface area contributed by atoms with Crippen molar-refractivity contribution >= 4 is 0 Å². The third kappa shape index (κ3) is 4.53. The van der Waals surface area contributed by atoms with Crippen LogP contribution in [-0.4, -0.2) is 0 Å². The number of rotatable bonds is 7. The van der Waals surface area contributed by atoms with Crippen molar-refractivity contribution in [3.8, 4) is 55.9 Å². The van der Waals surface area contributed by atoms with E-state index in [0.29, 0.717) is 0 Å². The van der Waals surface area contributed by atoms with Crippen LogP contribution in [0.15, 0.2) is 140 Å². The molecule has 0 unspecified atom stereocenters. The predicted molar refractivity (Wildman–Crippen MR) is 160 cm³/mol. The molecule has 0 radical (unpaired) electrons. The number of aromatic nitrogens is 1. The van der Waals surface area contributed by atoms with Gasteiger partial charge in [-0.15, -0.1) is 0 Å². The molecule has 2 aliphatic carbocycles. The zero-order valence-electron chi connectivity index (χ0n) is 21.8. The molecule has 0 bridgehead atoms. The molecule has 0 fully saturated rings. The van der Waals surface area contributed by atoms with Crippen LogP contribution >= 0.6 is 0 Å². The normalized spacial score (nSPS) is 11.1. The van der Waals surface area contributed by atoms with E-state index in [1.165, 1.54) is 55.9 Å². The third-order valence-corrected chi connectivity index (χ3v) is 7.34. The number of nitrogens with zero attached hydrogens (tertiary/aromatic N) is 1. The first kappa shape index (κ1) is 23.9. The van der Waals surface area contributed by atoms with Crippen LogP contribution < -0.4 is 4.57 Å². The quantitative estimate of drug-likeness (QED) is 0.196. The van der Waals surface area contributed by atoms with Crippen LogP contribution in [-0.2, 0) is 6.54 Å². The van der Waals surface area contributed by atoms with Gasteiger partial charge >= 0.3 is 0 Å². The molecule has 1 nitrogen and oxygen atoms in total. The lowest BCUT2D eigenvalue weighted by Crippen LogP contribution is -2.39. The maximum atomic E-state index is 2.56. The lowest BCUT2D eigenvalue weighted by molar-refractivity contribution is -0.675. The minimum absolute atomic E-state index is 0.960. The number of hydrogen-bond acceptors (Lipinski definition) is 0. The lowest BCUT2D eigenvalue weighted by Gasteiger charge is -2.19. The molecule has 184 valence electrons. The highest BCUT2D eigenvalue weighted by Crippen LogP contribution is 2.44. The fourth-order valence-corrected chi connectivity index (χ4v) is 5.52. The van der Waals surface area contributed by atoms with Gasteiger partial charge < -0.3 is 0 Å². The molecule has 0 spiro atoms. The Balaban J connectivity index is 1.78. The average Bonchev–Trinajstić information content (AvgIpc) is 3.24. The highest BCUT2D eigenvalue weighted by Gasteiger charge is 2.30. The second-order valence-electron chi connectivity index (χ2n) is 9.80. The summed E-state index contributed by atoms with van der Waals surface area (Å²) in [5.74, 6) is 0. The molecule has 0 amide bonds. The second kappa shape index (κ2) is 10.9. The first-order valence-electron chi connectivity index (χ1n) is 13.6. The van der Waals surface area contributed by atoms with Gasteiger partial charge in [0.2, 0.25) is 11.4 Å². The van der Waals surface area contributed by atoms with Gasteiger partial charge in [-0.25, -0.2) is 0 Å². The molecule has 1 heterocycles. The minimum Gasteiger partial charge on any atom is -0.191 e. The summed E-state index contributed by atoms with van der Waals surface area (Å²) in [5.41, 5.74) is 12.6. The summed E-state index contributed by atoms with van der Waals surface area (Å²) in [4.78, 5) is 0. The van der Waals surface area contributed by atoms with Crippen LogP contribution in [0.5, 0.6) is 0 Å². The van der Waals surface area contributed by atoms with E-state index in [0.717, 1.165) is 19.4 Å². The van der Waals surface area contributed by atoms with Gasteiger partial charge in [0.05, 0.1) is 5.56 Å². The predicted octanol–water partition coefficient (Wildman–Crippen LogP) is 9.55. The minimum atomic E-state index is 0.960. The maximum absolute atomic E-state index is 2.56. The van der Waals surface area contributed by atoms with Crippen molar-refractivity contribution in [1.29, 1.82) is 0 Å². The van der Waals surface area contributed by atoms with Gasteiger partial charge in [0.15, 0.2) is 0 Å². The molecule has 3 aromatic carbocycles. The van der Waals surface area contributed by atoms with Gasteiger partial charge in [0.1, 0.15) is 6.54 Å². The van der Waals surface area contributed by atoms with Crippen LogP contribution in [0.3, 0.4) is 0 Å². The molecule has 0 saturated carbocycles. The zero-order chi connectivity index (χ0) is 25.7. The molecular weight excluding hydrogens is 458 g/mol. The topological polar surface area (TPSA) is 3.88 Å². The van der Waals surface area contributed by atoms with E-state index in [2.05, 4.69) is 151 Å². The molecule has 1 heteroatoms. The van der Waals surface area contributed by atoms with Crippen LogP contribution in [0.4, 0.5) is 0 Å². The van der Waals surface area contributed by atoms with E-state index in [4.69, 9.17) is 0 Å². The lowest BCUT2D eigenvalue weighted by atomic mass is 9.88. The summed E-state index contributed by atoms with van der Waals surface area (Å²) < 4.78 is 2.56. The molecule has 0 saturated heterocycles. The monoisotopic (exact) mass is 490 g/mol. The highest BCUT2D eigenvalue weighted by molar-refractivity contribution is 5.98. The van der Waals surface area contributed by atoms with Crippen molar-refractivity contribution in [3.63, 3.8) is 0 Å². The molecule has 38 heavy (non-hydrogen) atoms. The standard InChI is InChI=1S/C37H32N/c1-2-3-26-38-35(29-17-9-4-10-18-29)27-34(33-25-24-28-16-8-7-15-23-32(28)33)36(30-19-11-5-12-20-30)37(38)31-21-13-6-14-22-31/h4-25,27H,2-3,26H2,1H3/q+1. The average molecular weight is 491 g/mol. The summed E-state index contributed by atoms with van der Waals surface area (Å²) in [5, 5.41) is 0. The fourth-order valence-electron chi connectivity index (χ4n) is 5.52. The van der Waals surface area contributed by atoms with E-state index in [9.17, 15) is 0 Å². The van der Waals surface area contributed by atoms with Crippen molar-refractivity contribution in [2.75, 3.05) is 0 Å². The van der Waals surface area contributed by atoms with Crippen LogP contribution in [0.25, 0.3) is 55.9 Å². The molecule has 0 aliphatic heterocycles. The molecule has 6 rings (SSSR count). The number of benzene rings is 3. The first-order chi connectivity index (χ1) is 18.8. The SMILES string of the molecule is CCCC[n+]1c(-c2ccccc2)cc(-c2ccc3cccccc2-3)c(-c2ccccc2)c1-c1ccccc1. The number of unbranched alkanes of at least 4 members (excludes halogenated alkanes) is 1. The Morgan fingerprint density at radius 1 is 0.474 bits per heavy atom. The van der Waals surface area contributed by atoms with Crippen molar-refractivity contribution in [2.45, 2.75) is 26.3 Å². The Labute approximate surface area is 226 Å². The molecule has 0 atom stereocenters. The molecule has 4 aromatic rings. The Morgan fingerprint density at radius 3 is 1.66 bits per heavy atom. The molecular formula is C37H32N+. The summed E-state index contributed by atoms with van der Waals surface area (Å²) in [6.45, 7) is 3.23. The molecule has 2 aliphatic rings. The van der Waals surface area contributed by atoms with Gasteiger partial charge in [-0.2, -0.15) is 4.57 Å².